The van der Waals surface area contributed by atoms with E-state index < -0.39 is 5.41 Å². The largest absolute Gasteiger partial charge is 0.371 e. The molecule has 2 fully saturated rings. The highest BCUT2D eigenvalue weighted by molar-refractivity contribution is 7.15. The van der Waals surface area contributed by atoms with E-state index in [0.29, 0.717) is 5.13 Å². The summed E-state index contributed by atoms with van der Waals surface area (Å²) in [5.74, 6) is -0.0405. The van der Waals surface area contributed by atoms with Crippen molar-refractivity contribution in [2.45, 2.75) is 37.2 Å². The molecule has 0 aromatic carbocycles. The number of aromatic nitrogens is 3. The number of hydrogen-bond donors (Lipinski definition) is 1. The van der Waals surface area contributed by atoms with Gasteiger partial charge in [0.1, 0.15) is 11.1 Å². The van der Waals surface area contributed by atoms with Crippen molar-refractivity contribution in [2.75, 3.05) is 11.9 Å². The number of pyridine rings is 1. The molecule has 1 saturated carbocycles. The van der Waals surface area contributed by atoms with Gasteiger partial charge in [0.05, 0.1) is 11.1 Å². The van der Waals surface area contributed by atoms with Crippen LogP contribution in [0, 0.1) is 0 Å². The summed E-state index contributed by atoms with van der Waals surface area (Å²) >= 11 is 1.40. The van der Waals surface area contributed by atoms with Crippen LogP contribution in [0.25, 0.3) is 0 Å². The molecule has 2 aliphatic rings. The third kappa shape index (κ3) is 2.40. The van der Waals surface area contributed by atoms with Crippen LogP contribution in [0.15, 0.2) is 24.4 Å². The van der Waals surface area contributed by atoms with Crippen molar-refractivity contribution in [1.29, 1.82) is 0 Å². The van der Waals surface area contributed by atoms with Gasteiger partial charge < -0.3 is 4.74 Å². The minimum atomic E-state index is -0.489. The Hall–Kier alpha value is -1.86. The van der Waals surface area contributed by atoms with Gasteiger partial charge in [0, 0.05) is 12.8 Å². The minimum Gasteiger partial charge on any atom is -0.371 e. The second-order valence-electron chi connectivity index (χ2n) is 5.70. The standard InChI is InChI=1S/C15H16N4O2S/c20-13(15(6-7-15)11-5-1-2-8-16-11)17-14-19-18-12(22-14)10-4-3-9-21-10/h1-2,5,8,10H,3-4,6-7,9H2,(H,17,19,20). The number of rotatable bonds is 4. The molecule has 22 heavy (non-hydrogen) atoms. The fourth-order valence-corrected chi connectivity index (χ4v) is 3.60. The van der Waals surface area contributed by atoms with Crippen LogP contribution < -0.4 is 5.32 Å². The molecule has 1 amide bonds. The molecule has 1 aliphatic heterocycles. The van der Waals surface area contributed by atoms with Gasteiger partial charge in [-0.3, -0.25) is 15.1 Å². The average molecular weight is 316 g/mol. The molecule has 0 radical (unpaired) electrons. The Morgan fingerprint density at radius 3 is 2.95 bits per heavy atom. The molecule has 7 heteroatoms. The van der Waals surface area contributed by atoms with Gasteiger partial charge in [-0.05, 0) is 37.8 Å². The maximum absolute atomic E-state index is 12.6. The van der Waals surface area contributed by atoms with E-state index in [1.807, 2.05) is 18.2 Å². The number of carbonyl (C=O) groups excluding carboxylic acids is 1. The highest BCUT2D eigenvalue weighted by Gasteiger charge is 2.52. The van der Waals surface area contributed by atoms with Crippen LogP contribution in [-0.4, -0.2) is 27.7 Å². The summed E-state index contributed by atoms with van der Waals surface area (Å²) in [6, 6.07) is 5.68. The highest BCUT2D eigenvalue weighted by atomic mass is 32.1. The zero-order valence-corrected chi connectivity index (χ0v) is 12.8. The first-order chi connectivity index (χ1) is 10.8. The molecule has 1 unspecified atom stereocenters. The van der Waals surface area contributed by atoms with Crippen LogP contribution in [0.3, 0.4) is 0 Å². The van der Waals surface area contributed by atoms with E-state index in [4.69, 9.17) is 4.74 Å². The number of ether oxygens (including phenoxy) is 1. The molecular weight excluding hydrogens is 300 g/mol. The van der Waals surface area contributed by atoms with Gasteiger partial charge in [0.2, 0.25) is 11.0 Å². The number of anilines is 1. The van der Waals surface area contributed by atoms with Crippen LogP contribution >= 0.6 is 11.3 Å². The molecule has 2 aromatic heterocycles. The van der Waals surface area contributed by atoms with E-state index in [-0.39, 0.29) is 12.0 Å². The summed E-state index contributed by atoms with van der Waals surface area (Å²) in [6.45, 7) is 0.773. The molecule has 114 valence electrons. The summed E-state index contributed by atoms with van der Waals surface area (Å²) in [6.07, 6.45) is 5.44. The van der Waals surface area contributed by atoms with E-state index in [1.165, 1.54) is 11.3 Å². The van der Waals surface area contributed by atoms with Crippen LogP contribution in [0.4, 0.5) is 5.13 Å². The van der Waals surface area contributed by atoms with E-state index in [9.17, 15) is 4.79 Å². The Morgan fingerprint density at radius 1 is 1.36 bits per heavy atom. The first kappa shape index (κ1) is 13.8. The topological polar surface area (TPSA) is 77.0 Å². The summed E-state index contributed by atoms with van der Waals surface area (Å²) in [5, 5.41) is 12.5. The fourth-order valence-electron chi connectivity index (χ4n) is 2.77. The second kappa shape index (κ2) is 5.40. The average Bonchev–Trinajstić information content (AvgIpc) is 2.97. The zero-order chi connectivity index (χ0) is 15.0. The molecule has 2 aromatic rings. The predicted molar refractivity (Wildman–Crippen MR) is 81.6 cm³/mol. The predicted octanol–water partition coefficient (Wildman–Crippen LogP) is 2.45. The molecule has 4 rings (SSSR count). The van der Waals surface area contributed by atoms with Crippen LogP contribution in [0.1, 0.15) is 42.5 Å². The fraction of sp³-hybridized carbons (Fsp3) is 0.467. The monoisotopic (exact) mass is 316 g/mol. The van der Waals surface area contributed by atoms with Crippen LogP contribution in [-0.2, 0) is 14.9 Å². The van der Waals surface area contributed by atoms with Gasteiger partial charge in [-0.25, -0.2) is 0 Å². The molecule has 1 N–H and O–H groups in total. The molecule has 3 heterocycles. The third-order valence-electron chi connectivity index (χ3n) is 4.21. The van der Waals surface area contributed by atoms with Crippen molar-refractivity contribution >= 4 is 22.4 Å². The maximum Gasteiger partial charge on any atom is 0.238 e. The molecule has 1 aliphatic carbocycles. The number of hydrogen-bond acceptors (Lipinski definition) is 6. The lowest BCUT2D eigenvalue weighted by molar-refractivity contribution is -0.118. The first-order valence-electron chi connectivity index (χ1n) is 7.46. The Morgan fingerprint density at radius 2 is 2.27 bits per heavy atom. The molecule has 1 atom stereocenters. The zero-order valence-electron chi connectivity index (χ0n) is 12.0. The van der Waals surface area contributed by atoms with Gasteiger partial charge >= 0.3 is 0 Å². The Kier molecular flexibility index (Phi) is 3.38. The Labute approximate surface area is 131 Å². The lowest BCUT2D eigenvalue weighted by Crippen LogP contribution is -2.28. The Balaban J connectivity index is 1.48. The normalized spacial score (nSPS) is 22.5. The van der Waals surface area contributed by atoms with Crippen molar-refractivity contribution < 1.29 is 9.53 Å². The molecule has 0 bridgehead atoms. The SMILES string of the molecule is O=C(Nc1nnc(C2CCCO2)s1)C1(c2ccccn2)CC1. The molecular formula is C15H16N4O2S. The van der Waals surface area contributed by atoms with Crippen molar-refractivity contribution in [3.8, 4) is 0 Å². The van der Waals surface area contributed by atoms with E-state index in [2.05, 4.69) is 20.5 Å². The number of nitrogens with zero attached hydrogens (tertiary/aromatic N) is 3. The minimum absolute atomic E-state index is 0.0360. The smallest absolute Gasteiger partial charge is 0.238 e. The number of carbonyl (C=O) groups is 1. The summed E-state index contributed by atoms with van der Waals surface area (Å²) in [4.78, 5) is 16.9. The van der Waals surface area contributed by atoms with E-state index in [0.717, 1.165) is 43.0 Å². The van der Waals surface area contributed by atoms with Gasteiger partial charge in [0.15, 0.2) is 0 Å². The van der Waals surface area contributed by atoms with Crippen molar-refractivity contribution in [2.24, 2.45) is 0 Å². The van der Waals surface area contributed by atoms with Crippen LogP contribution in [0.5, 0.6) is 0 Å². The van der Waals surface area contributed by atoms with E-state index in [1.54, 1.807) is 6.20 Å². The Bertz CT molecular complexity index is 678. The molecule has 0 spiro atoms. The van der Waals surface area contributed by atoms with Gasteiger partial charge in [0.25, 0.3) is 0 Å². The van der Waals surface area contributed by atoms with Gasteiger partial charge in [-0.1, -0.05) is 17.4 Å². The first-order valence-corrected chi connectivity index (χ1v) is 8.27. The second-order valence-corrected chi connectivity index (χ2v) is 6.71. The third-order valence-corrected chi connectivity index (χ3v) is 5.14. The van der Waals surface area contributed by atoms with Gasteiger partial charge in [-0.15, -0.1) is 10.2 Å². The van der Waals surface area contributed by atoms with Crippen molar-refractivity contribution in [3.63, 3.8) is 0 Å². The maximum atomic E-state index is 12.6. The van der Waals surface area contributed by atoms with Crippen molar-refractivity contribution in [3.05, 3.63) is 35.1 Å². The van der Waals surface area contributed by atoms with Crippen LogP contribution in [0.2, 0.25) is 0 Å². The number of amides is 1. The summed E-state index contributed by atoms with van der Waals surface area (Å²) < 4.78 is 5.59. The summed E-state index contributed by atoms with van der Waals surface area (Å²) in [7, 11) is 0. The summed E-state index contributed by atoms with van der Waals surface area (Å²) in [5.41, 5.74) is 0.341. The quantitative estimate of drug-likeness (QED) is 0.937. The lowest BCUT2D eigenvalue weighted by atomic mass is 10.0. The van der Waals surface area contributed by atoms with Gasteiger partial charge in [-0.2, -0.15) is 0 Å². The lowest BCUT2D eigenvalue weighted by Gasteiger charge is -2.12. The molecule has 6 nitrogen and oxygen atoms in total. The highest BCUT2D eigenvalue weighted by Crippen LogP contribution is 2.48. The number of nitrogens with one attached hydrogen (secondary N) is 1. The van der Waals surface area contributed by atoms with E-state index >= 15 is 0 Å². The van der Waals surface area contributed by atoms with Crippen molar-refractivity contribution in [1.82, 2.24) is 15.2 Å². The molecule has 1 saturated heterocycles.